The normalized spacial score (nSPS) is 11.7. The molecule has 0 radical (unpaired) electrons. The second-order valence-electron chi connectivity index (χ2n) is 9.12. The van der Waals surface area contributed by atoms with E-state index in [0.29, 0.717) is 11.8 Å². The number of benzene rings is 4. The van der Waals surface area contributed by atoms with Crippen LogP contribution in [0.5, 0.6) is 0 Å². The molecular weight excluding hydrogens is 470 g/mol. The molecule has 0 atom stereocenters. The Morgan fingerprint density at radius 1 is 0.500 bits per heavy atom. The third-order valence-electron chi connectivity index (χ3n) is 7.08. The van der Waals surface area contributed by atoms with Gasteiger partial charge < -0.3 is 4.57 Å². The van der Waals surface area contributed by atoms with Crippen molar-refractivity contribution < 1.29 is 0 Å². The molecule has 0 aliphatic carbocycles. The van der Waals surface area contributed by atoms with Gasteiger partial charge in [0, 0.05) is 45.2 Å². The summed E-state index contributed by atoms with van der Waals surface area (Å²) in [6, 6.07) is 31.6. The summed E-state index contributed by atoms with van der Waals surface area (Å²) in [5, 5.41) is 4.61. The van der Waals surface area contributed by atoms with Crippen molar-refractivity contribution in [3.05, 3.63) is 116 Å². The molecule has 0 spiro atoms. The van der Waals surface area contributed by atoms with E-state index in [1.807, 2.05) is 18.2 Å². The first-order valence-electron chi connectivity index (χ1n) is 12.3. The van der Waals surface area contributed by atoms with E-state index >= 15 is 0 Å². The smallest absolute Gasteiger partial charge is 0.234 e. The van der Waals surface area contributed by atoms with Gasteiger partial charge in [0.25, 0.3) is 0 Å². The van der Waals surface area contributed by atoms with E-state index in [1.54, 1.807) is 12.4 Å². The van der Waals surface area contributed by atoms with Crippen LogP contribution in [-0.2, 0) is 0 Å². The first kappa shape index (κ1) is 20.7. The zero-order valence-electron chi connectivity index (χ0n) is 20.1. The van der Waals surface area contributed by atoms with Crippen molar-refractivity contribution in [3.63, 3.8) is 0 Å². The third kappa shape index (κ3) is 2.93. The number of hydrogen-bond acceptors (Lipinski definition) is 5. The molecule has 178 valence electrons. The molecule has 4 aromatic heterocycles. The number of para-hydroxylation sites is 2. The molecule has 4 aromatic carbocycles. The van der Waals surface area contributed by atoms with E-state index in [9.17, 15) is 0 Å². The summed E-state index contributed by atoms with van der Waals surface area (Å²) in [6.07, 6.45) is 6.61. The molecule has 0 aliphatic rings. The number of hydrogen-bond donors (Lipinski definition) is 0. The Kier molecular flexibility index (Phi) is 4.39. The SMILES string of the molecule is c1ccc(-n2c3ccccc3c3c4c5cc(-c6ncncn6)ccc5n(-c5ncccn5)c4ccc32)cc1. The number of aromatic nitrogens is 7. The summed E-state index contributed by atoms with van der Waals surface area (Å²) in [6.45, 7) is 0. The van der Waals surface area contributed by atoms with E-state index in [0.717, 1.165) is 44.1 Å². The van der Waals surface area contributed by atoms with Crippen molar-refractivity contribution in [2.45, 2.75) is 0 Å². The van der Waals surface area contributed by atoms with Crippen LogP contribution in [0, 0.1) is 0 Å². The van der Waals surface area contributed by atoms with Gasteiger partial charge in [0.1, 0.15) is 12.7 Å². The number of rotatable bonds is 3. The Hall–Kier alpha value is -5.43. The predicted octanol–water partition coefficient (Wildman–Crippen LogP) is 6.52. The van der Waals surface area contributed by atoms with Gasteiger partial charge in [-0.2, -0.15) is 0 Å². The Labute approximate surface area is 216 Å². The first-order valence-corrected chi connectivity index (χ1v) is 12.3. The predicted molar refractivity (Wildman–Crippen MR) is 150 cm³/mol. The lowest BCUT2D eigenvalue weighted by Gasteiger charge is -2.08. The third-order valence-corrected chi connectivity index (χ3v) is 7.08. The molecule has 7 nitrogen and oxygen atoms in total. The minimum Gasteiger partial charge on any atom is -0.309 e. The highest BCUT2D eigenvalue weighted by Crippen LogP contribution is 2.42. The second-order valence-corrected chi connectivity index (χ2v) is 9.12. The van der Waals surface area contributed by atoms with Gasteiger partial charge in [-0.25, -0.2) is 24.9 Å². The summed E-state index contributed by atoms with van der Waals surface area (Å²) >= 11 is 0. The van der Waals surface area contributed by atoms with Gasteiger partial charge in [-0.15, -0.1) is 0 Å². The van der Waals surface area contributed by atoms with Crippen LogP contribution in [0.15, 0.2) is 116 Å². The summed E-state index contributed by atoms with van der Waals surface area (Å²) in [4.78, 5) is 22.0. The summed E-state index contributed by atoms with van der Waals surface area (Å²) < 4.78 is 4.47. The van der Waals surface area contributed by atoms with Crippen molar-refractivity contribution in [2.75, 3.05) is 0 Å². The number of nitrogens with zero attached hydrogens (tertiary/aromatic N) is 7. The van der Waals surface area contributed by atoms with E-state index in [2.05, 4.69) is 107 Å². The molecule has 0 aliphatic heterocycles. The van der Waals surface area contributed by atoms with Crippen LogP contribution in [-0.4, -0.2) is 34.1 Å². The standard InChI is InChI=1S/C31H19N7/c1-2-7-21(8-3-1)37-24-10-5-4-9-22(24)28-26(37)13-14-27-29(28)23-17-20(30-35-18-32-19-36-30)11-12-25(23)38(27)31-33-15-6-16-34-31/h1-19H. The van der Waals surface area contributed by atoms with Crippen LogP contribution in [0.1, 0.15) is 0 Å². The van der Waals surface area contributed by atoms with Crippen molar-refractivity contribution in [1.29, 1.82) is 0 Å². The van der Waals surface area contributed by atoms with Gasteiger partial charge in [0.2, 0.25) is 5.95 Å². The van der Waals surface area contributed by atoms with Crippen LogP contribution in [0.25, 0.3) is 66.6 Å². The molecule has 0 saturated heterocycles. The van der Waals surface area contributed by atoms with Crippen LogP contribution < -0.4 is 0 Å². The molecule has 0 fully saturated rings. The molecule has 8 aromatic rings. The molecule has 0 unspecified atom stereocenters. The van der Waals surface area contributed by atoms with Crippen molar-refractivity contribution in [2.24, 2.45) is 0 Å². The fraction of sp³-hybridized carbons (Fsp3) is 0. The minimum absolute atomic E-state index is 0.631. The monoisotopic (exact) mass is 489 g/mol. The summed E-state index contributed by atoms with van der Waals surface area (Å²) in [7, 11) is 0. The van der Waals surface area contributed by atoms with Crippen LogP contribution >= 0.6 is 0 Å². The van der Waals surface area contributed by atoms with Gasteiger partial charge in [-0.1, -0.05) is 36.4 Å². The van der Waals surface area contributed by atoms with E-state index in [1.165, 1.54) is 23.4 Å². The fourth-order valence-corrected chi connectivity index (χ4v) is 5.57. The molecule has 0 saturated carbocycles. The summed E-state index contributed by atoms with van der Waals surface area (Å²) in [5.74, 6) is 1.27. The molecule has 0 N–H and O–H groups in total. The number of fused-ring (bicyclic) bond motifs is 7. The first-order chi connectivity index (χ1) is 18.9. The molecular formula is C31H19N7. The highest BCUT2D eigenvalue weighted by atomic mass is 15.1. The van der Waals surface area contributed by atoms with Gasteiger partial charge in [-0.3, -0.25) is 4.57 Å². The minimum atomic E-state index is 0.631. The Bertz CT molecular complexity index is 2110. The highest BCUT2D eigenvalue weighted by Gasteiger charge is 2.21. The molecule has 4 heterocycles. The quantitative estimate of drug-likeness (QED) is 0.282. The van der Waals surface area contributed by atoms with Crippen molar-refractivity contribution in [3.8, 4) is 23.0 Å². The Morgan fingerprint density at radius 2 is 1.16 bits per heavy atom. The molecule has 38 heavy (non-hydrogen) atoms. The van der Waals surface area contributed by atoms with Crippen LogP contribution in [0.3, 0.4) is 0 Å². The largest absolute Gasteiger partial charge is 0.309 e. The zero-order valence-corrected chi connectivity index (χ0v) is 20.1. The Balaban J connectivity index is 1.59. The molecule has 8 rings (SSSR count). The lowest BCUT2D eigenvalue weighted by atomic mass is 10.0. The van der Waals surface area contributed by atoms with Gasteiger partial charge in [0.15, 0.2) is 5.82 Å². The lowest BCUT2D eigenvalue weighted by molar-refractivity contribution is 0.988. The van der Waals surface area contributed by atoms with Gasteiger partial charge in [-0.05, 0) is 54.6 Å². The van der Waals surface area contributed by atoms with Crippen LogP contribution in [0.4, 0.5) is 0 Å². The van der Waals surface area contributed by atoms with Gasteiger partial charge in [0.05, 0.1) is 22.1 Å². The van der Waals surface area contributed by atoms with Crippen molar-refractivity contribution in [1.82, 2.24) is 34.1 Å². The maximum absolute atomic E-state index is 4.61. The van der Waals surface area contributed by atoms with Gasteiger partial charge >= 0.3 is 0 Å². The molecule has 0 amide bonds. The average Bonchev–Trinajstić information content (AvgIpc) is 3.51. The summed E-state index contributed by atoms with van der Waals surface area (Å²) in [5.41, 5.74) is 6.42. The molecule has 0 bridgehead atoms. The Morgan fingerprint density at radius 3 is 1.97 bits per heavy atom. The highest BCUT2D eigenvalue weighted by molar-refractivity contribution is 6.29. The lowest BCUT2D eigenvalue weighted by Crippen LogP contribution is -1.99. The van der Waals surface area contributed by atoms with Crippen molar-refractivity contribution >= 4 is 43.6 Å². The molecule has 7 heteroatoms. The zero-order chi connectivity index (χ0) is 25.1. The van der Waals surface area contributed by atoms with E-state index in [4.69, 9.17) is 0 Å². The van der Waals surface area contributed by atoms with E-state index < -0.39 is 0 Å². The topological polar surface area (TPSA) is 74.3 Å². The van der Waals surface area contributed by atoms with Crippen LogP contribution in [0.2, 0.25) is 0 Å². The average molecular weight is 490 g/mol. The maximum Gasteiger partial charge on any atom is 0.234 e. The van der Waals surface area contributed by atoms with E-state index in [-0.39, 0.29) is 0 Å². The maximum atomic E-state index is 4.61. The fourth-order valence-electron chi connectivity index (χ4n) is 5.57. The second kappa shape index (κ2) is 8.04.